The normalized spacial score (nSPS) is 9.78. The molecule has 2 rings (SSSR count). The predicted octanol–water partition coefficient (Wildman–Crippen LogP) is 4.72. The molecule has 0 radical (unpaired) electrons. The zero-order valence-corrected chi connectivity index (χ0v) is 11.4. The van der Waals surface area contributed by atoms with Gasteiger partial charge in [0, 0.05) is 4.47 Å². The highest BCUT2D eigenvalue weighted by Crippen LogP contribution is 2.26. The number of nitriles is 1. The Morgan fingerprint density at radius 2 is 1.78 bits per heavy atom. The molecule has 1 nitrogen and oxygen atoms in total. The molecule has 0 saturated heterocycles. The zero-order chi connectivity index (χ0) is 13.0. The number of benzene rings is 2. The molecular weight excluding hydrogens is 286 g/mol. The Labute approximate surface area is 116 Å². The van der Waals surface area contributed by atoms with Gasteiger partial charge in [0.2, 0.25) is 0 Å². The fourth-order valence-electron chi connectivity index (χ4n) is 1.79. The van der Waals surface area contributed by atoms with Crippen molar-refractivity contribution in [1.29, 1.82) is 5.26 Å². The van der Waals surface area contributed by atoms with Crippen molar-refractivity contribution in [1.82, 2.24) is 0 Å². The van der Waals surface area contributed by atoms with Gasteiger partial charge in [-0.15, -0.1) is 6.58 Å². The maximum atomic E-state index is 8.89. The van der Waals surface area contributed by atoms with Crippen LogP contribution >= 0.6 is 15.9 Å². The zero-order valence-electron chi connectivity index (χ0n) is 9.86. The van der Waals surface area contributed by atoms with E-state index >= 15 is 0 Å². The van der Waals surface area contributed by atoms with E-state index in [1.165, 1.54) is 5.56 Å². The van der Waals surface area contributed by atoms with E-state index < -0.39 is 0 Å². The summed E-state index contributed by atoms with van der Waals surface area (Å²) in [6.45, 7) is 3.73. The molecule has 0 bridgehead atoms. The number of nitrogens with zero attached hydrogens (tertiary/aromatic N) is 1. The fourth-order valence-corrected chi connectivity index (χ4v) is 2.25. The summed E-state index contributed by atoms with van der Waals surface area (Å²) in [4.78, 5) is 0. The Morgan fingerprint density at radius 1 is 1.11 bits per heavy atom. The lowest BCUT2D eigenvalue weighted by Crippen LogP contribution is -1.84. The van der Waals surface area contributed by atoms with Gasteiger partial charge in [-0.05, 0) is 51.2 Å². The first-order valence-electron chi connectivity index (χ1n) is 5.64. The molecule has 0 aliphatic rings. The maximum absolute atomic E-state index is 8.89. The number of halogens is 1. The van der Waals surface area contributed by atoms with Gasteiger partial charge in [-0.2, -0.15) is 5.26 Å². The van der Waals surface area contributed by atoms with E-state index in [2.05, 4.69) is 52.8 Å². The predicted molar refractivity (Wildman–Crippen MR) is 78.2 cm³/mol. The molecule has 0 atom stereocenters. The first-order chi connectivity index (χ1) is 8.74. The molecular formula is C16H12BrN. The van der Waals surface area contributed by atoms with E-state index in [4.69, 9.17) is 5.26 Å². The van der Waals surface area contributed by atoms with Gasteiger partial charge < -0.3 is 0 Å². The molecule has 0 N–H and O–H groups in total. The Kier molecular flexibility index (Phi) is 3.96. The van der Waals surface area contributed by atoms with Gasteiger partial charge in [-0.3, -0.25) is 0 Å². The summed E-state index contributed by atoms with van der Waals surface area (Å²) in [5, 5.41) is 8.89. The highest BCUT2D eigenvalue weighted by molar-refractivity contribution is 9.10. The van der Waals surface area contributed by atoms with Gasteiger partial charge in [0.05, 0.1) is 5.56 Å². The number of rotatable bonds is 3. The molecule has 2 aromatic rings. The minimum Gasteiger partial charge on any atom is -0.192 e. The summed E-state index contributed by atoms with van der Waals surface area (Å²) < 4.78 is 0.831. The van der Waals surface area contributed by atoms with Gasteiger partial charge >= 0.3 is 0 Å². The van der Waals surface area contributed by atoms with Gasteiger partial charge in [0.15, 0.2) is 0 Å². The van der Waals surface area contributed by atoms with E-state index in [9.17, 15) is 0 Å². The van der Waals surface area contributed by atoms with Crippen molar-refractivity contribution >= 4 is 15.9 Å². The highest BCUT2D eigenvalue weighted by Gasteiger charge is 2.02. The fraction of sp³-hybridized carbons (Fsp3) is 0.0625. The summed E-state index contributed by atoms with van der Waals surface area (Å²) in [5.41, 5.74) is 4.16. The monoisotopic (exact) mass is 297 g/mol. The third kappa shape index (κ3) is 2.69. The topological polar surface area (TPSA) is 23.8 Å². The average Bonchev–Trinajstić information content (AvgIpc) is 2.40. The maximum Gasteiger partial charge on any atom is 0.100 e. The van der Waals surface area contributed by atoms with E-state index in [-0.39, 0.29) is 0 Å². The van der Waals surface area contributed by atoms with Crippen LogP contribution in [0.5, 0.6) is 0 Å². The minimum atomic E-state index is 0.655. The highest BCUT2D eigenvalue weighted by atomic mass is 79.9. The van der Waals surface area contributed by atoms with Crippen LogP contribution in [0.25, 0.3) is 11.1 Å². The smallest absolute Gasteiger partial charge is 0.100 e. The van der Waals surface area contributed by atoms with Crippen molar-refractivity contribution in [2.45, 2.75) is 6.42 Å². The first kappa shape index (κ1) is 12.6. The molecule has 2 heteroatoms. The second-order valence-corrected chi connectivity index (χ2v) is 4.85. The summed E-state index contributed by atoms with van der Waals surface area (Å²) in [7, 11) is 0. The van der Waals surface area contributed by atoms with Crippen molar-refractivity contribution in [3.05, 3.63) is 70.7 Å². The minimum absolute atomic E-state index is 0.655. The van der Waals surface area contributed by atoms with Gasteiger partial charge in [0.1, 0.15) is 6.07 Å². The lowest BCUT2D eigenvalue weighted by molar-refractivity contribution is 1.28. The van der Waals surface area contributed by atoms with Crippen molar-refractivity contribution in [2.24, 2.45) is 0 Å². The SMILES string of the molecule is C=CCc1ccc(-c2ccc(C#N)c(Br)c2)cc1. The van der Waals surface area contributed by atoms with E-state index in [0.29, 0.717) is 5.56 Å². The Morgan fingerprint density at radius 3 is 2.33 bits per heavy atom. The van der Waals surface area contributed by atoms with Crippen LogP contribution in [0.15, 0.2) is 59.6 Å². The van der Waals surface area contributed by atoms with Crippen LogP contribution in [-0.4, -0.2) is 0 Å². The van der Waals surface area contributed by atoms with Crippen molar-refractivity contribution in [3.8, 4) is 17.2 Å². The van der Waals surface area contributed by atoms with Crippen LogP contribution in [0.1, 0.15) is 11.1 Å². The molecule has 0 aliphatic heterocycles. The molecule has 0 aromatic heterocycles. The van der Waals surface area contributed by atoms with Crippen LogP contribution in [0.3, 0.4) is 0 Å². The Hall–Kier alpha value is -1.85. The number of hydrogen-bond acceptors (Lipinski definition) is 1. The third-order valence-corrected chi connectivity index (χ3v) is 3.41. The van der Waals surface area contributed by atoms with Crippen LogP contribution in [0, 0.1) is 11.3 Å². The lowest BCUT2D eigenvalue weighted by Gasteiger charge is -2.05. The largest absolute Gasteiger partial charge is 0.192 e. The molecule has 0 saturated carbocycles. The number of allylic oxidation sites excluding steroid dienone is 1. The van der Waals surface area contributed by atoms with E-state index in [1.54, 1.807) is 0 Å². The average molecular weight is 298 g/mol. The standard InChI is InChI=1S/C16H12BrN/c1-2-3-12-4-6-13(7-5-12)14-8-9-15(11-18)16(17)10-14/h2,4-10H,1,3H2. The summed E-state index contributed by atoms with van der Waals surface area (Å²) >= 11 is 3.41. The molecule has 0 aliphatic carbocycles. The Balaban J connectivity index is 2.34. The second kappa shape index (κ2) is 5.66. The third-order valence-electron chi connectivity index (χ3n) is 2.76. The van der Waals surface area contributed by atoms with Crippen LogP contribution in [0.2, 0.25) is 0 Å². The lowest BCUT2D eigenvalue weighted by atomic mass is 10.0. The van der Waals surface area contributed by atoms with Gasteiger partial charge in [-0.25, -0.2) is 0 Å². The van der Waals surface area contributed by atoms with Crippen molar-refractivity contribution in [3.63, 3.8) is 0 Å². The summed E-state index contributed by atoms with van der Waals surface area (Å²) in [6.07, 6.45) is 2.78. The van der Waals surface area contributed by atoms with Crippen LogP contribution in [-0.2, 0) is 6.42 Å². The van der Waals surface area contributed by atoms with Gasteiger partial charge in [0.25, 0.3) is 0 Å². The second-order valence-electron chi connectivity index (χ2n) is 4.00. The van der Waals surface area contributed by atoms with Crippen molar-refractivity contribution < 1.29 is 0 Å². The molecule has 0 heterocycles. The van der Waals surface area contributed by atoms with Gasteiger partial charge in [-0.1, -0.05) is 36.4 Å². The van der Waals surface area contributed by atoms with E-state index in [0.717, 1.165) is 22.0 Å². The molecule has 0 amide bonds. The number of hydrogen-bond donors (Lipinski definition) is 0. The molecule has 2 aromatic carbocycles. The molecule has 18 heavy (non-hydrogen) atoms. The van der Waals surface area contributed by atoms with E-state index in [1.807, 2.05) is 24.3 Å². The Bertz CT molecular complexity index is 606. The van der Waals surface area contributed by atoms with Crippen LogP contribution < -0.4 is 0 Å². The summed E-state index contributed by atoms with van der Waals surface area (Å²) in [6, 6.07) is 16.3. The van der Waals surface area contributed by atoms with Crippen molar-refractivity contribution in [2.75, 3.05) is 0 Å². The first-order valence-corrected chi connectivity index (χ1v) is 6.44. The quantitative estimate of drug-likeness (QED) is 0.752. The molecule has 0 spiro atoms. The summed E-state index contributed by atoms with van der Waals surface area (Å²) in [5.74, 6) is 0. The molecule has 0 fully saturated rings. The molecule has 0 unspecified atom stereocenters. The molecule has 88 valence electrons. The van der Waals surface area contributed by atoms with Crippen LogP contribution in [0.4, 0.5) is 0 Å².